The fourth-order valence-electron chi connectivity index (χ4n) is 6.58. The molecule has 2 nitrogen and oxygen atoms in total. The molecule has 3 aliphatic rings. The first-order valence-corrected chi connectivity index (χ1v) is 11.9. The zero-order valence-corrected chi connectivity index (χ0v) is 18.0. The summed E-state index contributed by atoms with van der Waals surface area (Å²) in [5.41, 5.74) is 0.934. The van der Waals surface area contributed by atoms with Gasteiger partial charge in [-0.25, -0.2) is 4.39 Å². The smallest absolute Gasteiger partial charge is 0.387 e. The molecular weight excluding hydrogens is 389 g/mol. The van der Waals surface area contributed by atoms with Crippen LogP contribution >= 0.6 is 0 Å². The Morgan fingerprint density at radius 2 is 1.50 bits per heavy atom. The molecule has 0 saturated heterocycles. The summed E-state index contributed by atoms with van der Waals surface area (Å²) in [4.78, 5) is 0. The zero-order chi connectivity index (χ0) is 21.1. The zero-order valence-electron chi connectivity index (χ0n) is 18.0. The first-order valence-electron chi connectivity index (χ1n) is 11.9. The van der Waals surface area contributed by atoms with E-state index in [0.29, 0.717) is 12.0 Å². The summed E-state index contributed by atoms with van der Waals surface area (Å²) in [6.45, 7) is -0.0793. The van der Waals surface area contributed by atoms with E-state index in [0.717, 1.165) is 48.7 Å². The van der Waals surface area contributed by atoms with Crippen molar-refractivity contribution in [2.24, 2.45) is 23.7 Å². The van der Waals surface area contributed by atoms with Crippen molar-refractivity contribution in [2.75, 3.05) is 6.61 Å². The van der Waals surface area contributed by atoms with Gasteiger partial charge in [-0.1, -0.05) is 6.07 Å². The van der Waals surface area contributed by atoms with Gasteiger partial charge in [0.05, 0.1) is 6.10 Å². The van der Waals surface area contributed by atoms with Gasteiger partial charge < -0.3 is 9.47 Å². The third kappa shape index (κ3) is 5.15. The maximum Gasteiger partial charge on any atom is 0.387 e. The van der Waals surface area contributed by atoms with E-state index >= 15 is 0 Å². The molecule has 0 amide bonds. The van der Waals surface area contributed by atoms with E-state index in [-0.39, 0.29) is 5.75 Å². The molecule has 0 spiro atoms. The third-order valence-electron chi connectivity index (χ3n) is 8.08. The molecule has 4 rings (SSSR count). The van der Waals surface area contributed by atoms with Crippen molar-refractivity contribution in [3.63, 3.8) is 0 Å². The lowest BCUT2D eigenvalue weighted by atomic mass is 9.60. The highest BCUT2D eigenvalue weighted by Gasteiger charge is 2.39. The summed E-state index contributed by atoms with van der Waals surface area (Å²) < 4.78 is 49.0. The van der Waals surface area contributed by atoms with Crippen LogP contribution in [0.15, 0.2) is 18.2 Å². The van der Waals surface area contributed by atoms with Gasteiger partial charge in [-0.3, -0.25) is 0 Å². The number of hydrogen-bond acceptors (Lipinski definition) is 2. The second-order valence-electron chi connectivity index (χ2n) is 9.66. The van der Waals surface area contributed by atoms with E-state index in [1.165, 1.54) is 63.5 Å². The average Bonchev–Trinajstić information content (AvgIpc) is 2.75. The van der Waals surface area contributed by atoms with Crippen molar-refractivity contribution in [3.8, 4) is 5.75 Å². The minimum absolute atomic E-state index is 0.333. The summed E-state index contributed by atoms with van der Waals surface area (Å²) >= 11 is 0. The SMILES string of the molecule is CCOC1CCC(C2CCC3CC(c4ccc(OC(F)F)c(F)c4)CCC3C2)CC1. The van der Waals surface area contributed by atoms with Gasteiger partial charge in [0.1, 0.15) is 0 Å². The molecule has 0 N–H and O–H groups in total. The van der Waals surface area contributed by atoms with Crippen molar-refractivity contribution in [2.45, 2.75) is 89.8 Å². The Morgan fingerprint density at radius 1 is 0.867 bits per heavy atom. The summed E-state index contributed by atoms with van der Waals surface area (Å²) in [5, 5.41) is 0. The molecule has 1 aromatic rings. The number of rotatable bonds is 6. The highest BCUT2D eigenvalue weighted by Crippen LogP contribution is 2.50. The lowest BCUT2D eigenvalue weighted by Gasteiger charge is -2.45. The summed E-state index contributed by atoms with van der Waals surface area (Å²) in [6.07, 6.45) is 12.9. The van der Waals surface area contributed by atoms with E-state index in [1.807, 2.05) is 0 Å². The Bertz CT molecular complexity index is 687. The molecule has 3 saturated carbocycles. The number of benzene rings is 1. The Morgan fingerprint density at radius 3 is 2.17 bits per heavy atom. The van der Waals surface area contributed by atoms with Gasteiger partial charge in [0.15, 0.2) is 11.6 Å². The number of fused-ring (bicyclic) bond motifs is 1. The van der Waals surface area contributed by atoms with Gasteiger partial charge in [-0.15, -0.1) is 0 Å². The lowest BCUT2D eigenvalue weighted by molar-refractivity contribution is -0.0522. The molecule has 0 aromatic heterocycles. The van der Waals surface area contributed by atoms with Crippen LogP contribution in [-0.4, -0.2) is 19.3 Å². The quantitative estimate of drug-likeness (QED) is 0.476. The number of ether oxygens (including phenoxy) is 2. The van der Waals surface area contributed by atoms with Crippen LogP contribution in [0.1, 0.15) is 82.6 Å². The first kappa shape index (κ1) is 22.0. The van der Waals surface area contributed by atoms with Crippen LogP contribution in [0.25, 0.3) is 0 Å². The number of alkyl halides is 2. The molecule has 1 aromatic carbocycles. The highest BCUT2D eigenvalue weighted by molar-refractivity contribution is 5.31. The fourth-order valence-corrected chi connectivity index (χ4v) is 6.58. The van der Waals surface area contributed by atoms with E-state index in [9.17, 15) is 13.2 Å². The molecule has 3 aliphatic carbocycles. The van der Waals surface area contributed by atoms with Crippen LogP contribution in [-0.2, 0) is 4.74 Å². The van der Waals surface area contributed by atoms with Crippen molar-refractivity contribution in [1.29, 1.82) is 0 Å². The van der Waals surface area contributed by atoms with Crippen LogP contribution in [0.4, 0.5) is 13.2 Å². The Kier molecular flexibility index (Phi) is 7.28. The monoisotopic (exact) mass is 424 g/mol. The molecule has 4 atom stereocenters. The topological polar surface area (TPSA) is 18.5 Å². The normalized spacial score (nSPS) is 34.6. The number of hydrogen-bond donors (Lipinski definition) is 0. The molecular formula is C25H35F3O2. The second kappa shape index (κ2) is 9.93. The van der Waals surface area contributed by atoms with E-state index in [4.69, 9.17) is 4.74 Å². The molecule has 0 radical (unpaired) electrons. The van der Waals surface area contributed by atoms with Crippen molar-refractivity contribution >= 4 is 0 Å². The molecule has 4 unspecified atom stereocenters. The number of halogens is 3. The second-order valence-corrected chi connectivity index (χ2v) is 9.66. The lowest BCUT2D eigenvalue weighted by Crippen LogP contribution is -2.35. The van der Waals surface area contributed by atoms with E-state index < -0.39 is 12.4 Å². The largest absolute Gasteiger partial charge is 0.432 e. The molecule has 30 heavy (non-hydrogen) atoms. The molecule has 168 valence electrons. The predicted molar refractivity (Wildman–Crippen MR) is 111 cm³/mol. The molecule has 5 heteroatoms. The standard InChI is InChI=1S/C25H35F3O2/c1-2-29-22-10-7-16(8-11-22)17-3-4-19-14-20(6-5-18(19)13-17)21-9-12-24(23(26)15-21)30-25(27)28/h9,12,15-20,22,25H,2-8,10-11,13-14H2,1H3. The summed E-state index contributed by atoms with van der Waals surface area (Å²) in [6, 6.07) is 4.54. The minimum atomic E-state index is -3.00. The highest BCUT2D eigenvalue weighted by atomic mass is 19.3. The van der Waals surface area contributed by atoms with Gasteiger partial charge >= 0.3 is 6.61 Å². The third-order valence-corrected chi connectivity index (χ3v) is 8.08. The van der Waals surface area contributed by atoms with Gasteiger partial charge in [-0.2, -0.15) is 8.78 Å². The molecule has 0 heterocycles. The first-order chi connectivity index (χ1) is 14.5. The van der Waals surface area contributed by atoms with Crippen LogP contribution in [0.3, 0.4) is 0 Å². The van der Waals surface area contributed by atoms with Crippen molar-refractivity contribution < 1.29 is 22.6 Å². The van der Waals surface area contributed by atoms with Gasteiger partial charge in [0, 0.05) is 6.61 Å². The Hall–Kier alpha value is -1.23. The molecule has 0 aliphatic heterocycles. The van der Waals surface area contributed by atoms with Gasteiger partial charge in [-0.05, 0) is 118 Å². The fraction of sp³-hybridized carbons (Fsp3) is 0.760. The molecule has 3 fully saturated rings. The Balaban J connectivity index is 1.30. The Labute approximate surface area is 178 Å². The average molecular weight is 425 g/mol. The van der Waals surface area contributed by atoms with Crippen molar-refractivity contribution in [3.05, 3.63) is 29.6 Å². The van der Waals surface area contributed by atoms with Crippen LogP contribution < -0.4 is 4.74 Å². The summed E-state index contributed by atoms with van der Waals surface area (Å²) in [7, 11) is 0. The maximum absolute atomic E-state index is 14.2. The molecule has 0 bridgehead atoms. The van der Waals surface area contributed by atoms with Crippen molar-refractivity contribution in [1.82, 2.24) is 0 Å². The summed E-state index contributed by atoms with van der Waals surface area (Å²) in [5.74, 6) is 2.56. The van der Waals surface area contributed by atoms with Crippen LogP contribution in [0.5, 0.6) is 5.75 Å². The van der Waals surface area contributed by atoms with E-state index in [1.54, 1.807) is 6.07 Å². The van der Waals surface area contributed by atoms with Gasteiger partial charge in [0.2, 0.25) is 0 Å². The van der Waals surface area contributed by atoms with E-state index in [2.05, 4.69) is 11.7 Å². The van der Waals surface area contributed by atoms with Crippen LogP contribution in [0, 0.1) is 29.5 Å². The van der Waals surface area contributed by atoms with Gasteiger partial charge in [0.25, 0.3) is 0 Å². The predicted octanol–water partition coefficient (Wildman–Crippen LogP) is 7.32. The van der Waals surface area contributed by atoms with Crippen LogP contribution in [0.2, 0.25) is 0 Å². The maximum atomic E-state index is 14.2. The minimum Gasteiger partial charge on any atom is -0.432 e.